The van der Waals surface area contributed by atoms with E-state index in [9.17, 15) is 9.90 Å². The summed E-state index contributed by atoms with van der Waals surface area (Å²) < 4.78 is 0. The standard InChI is InChI=1S/C14H13ClO2/c1-8(2)13-10-4-3-5-12(15)9(10)6-7-11(13)14(16)17/h3-8H,1-2H3,(H,16,17). The molecule has 3 heteroatoms. The van der Waals surface area contributed by atoms with E-state index in [4.69, 9.17) is 11.6 Å². The molecule has 0 radical (unpaired) electrons. The lowest BCUT2D eigenvalue weighted by Crippen LogP contribution is -2.04. The number of fused-ring (bicyclic) bond motifs is 1. The summed E-state index contributed by atoms with van der Waals surface area (Å²) in [4.78, 5) is 11.2. The molecule has 0 unspecified atom stereocenters. The van der Waals surface area contributed by atoms with Gasteiger partial charge in [0.15, 0.2) is 0 Å². The molecule has 0 atom stereocenters. The van der Waals surface area contributed by atoms with E-state index < -0.39 is 5.97 Å². The largest absolute Gasteiger partial charge is 0.478 e. The fourth-order valence-corrected chi connectivity index (χ4v) is 2.39. The summed E-state index contributed by atoms with van der Waals surface area (Å²) in [5, 5.41) is 11.7. The summed E-state index contributed by atoms with van der Waals surface area (Å²) in [5.74, 6) is -0.751. The van der Waals surface area contributed by atoms with Crippen LogP contribution in [0.15, 0.2) is 30.3 Å². The molecule has 2 aromatic carbocycles. The van der Waals surface area contributed by atoms with Crippen LogP contribution in [0.2, 0.25) is 5.02 Å². The van der Waals surface area contributed by atoms with E-state index in [2.05, 4.69) is 0 Å². The van der Waals surface area contributed by atoms with E-state index in [1.54, 1.807) is 12.1 Å². The van der Waals surface area contributed by atoms with Crippen molar-refractivity contribution in [2.24, 2.45) is 0 Å². The maximum atomic E-state index is 11.2. The van der Waals surface area contributed by atoms with E-state index in [-0.39, 0.29) is 5.92 Å². The predicted octanol–water partition coefficient (Wildman–Crippen LogP) is 4.31. The number of carboxylic acid groups (broad SMARTS) is 1. The molecular weight excluding hydrogens is 236 g/mol. The number of benzene rings is 2. The summed E-state index contributed by atoms with van der Waals surface area (Å²) in [6.45, 7) is 3.98. The molecule has 2 nitrogen and oxygen atoms in total. The zero-order valence-electron chi connectivity index (χ0n) is 9.70. The Kier molecular flexibility index (Phi) is 3.07. The topological polar surface area (TPSA) is 37.3 Å². The van der Waals surface area contributed by atoms with Crippen molar-refractivity contribution in [3.63, 3.8) is 0 Å². The third-order valence-corrected chi connectivity index (χ3v) is 3.19. The first kappa shape index (κ1) is 11.9. The third-order valence-electron chi connectivity index (χ3n) is 2.86. The quantitative estimate of drug-likeness (QED) is 0.860. The molecule has 0 aliphatic rings. The van der Waals surface area contributed by atoms with Crippen LogP contribution in [0.5, 0.6) is 0 Å². The van der Waals surface area contributed by atoms with Gasteiger partial charge in [0.2, 0.25) is 0 Å². The predicted molar refractivity (Wildman–Crippen MR) is 70.0 cm³/mol. The van der Waals surface area contributed by atoms with Crippen molar-refractivity contribution in [3.05, 3.63) is 46.5 Å². The molecule has 17 heavy (non-hydrogen) atoms. The Morgan fingerprint density at radius 2 is 1.88 bits per heavy atom. The second-order valence-corrected chi connectivity index (χ2v) is 4.73. The number of aromatic carboxylic acids is 1. The Morgan fingerprint density at radius 1 is 1.18 bits per heavy atom. The second-order valence-electron chi connectivity index (χ2n) is 4.32. The molecule has 0 bridgehead atoms. The molecule has 0 aromatic heterocycles. The van der Waals surface area contributed by atoms with Crippen LogP contribution in [0.4, 0.5) is 0 Å². The highest BCUT2D eigenvalue weighted by Crippen LogP contribution is 2.32. The Balaban J connectivity index is 2.89. The number of rotatable bonds is 2. The molecule has 2 aromatic rings. The first-order chi connectivity index (χ1) is 8.02. The highest BCUT2D eigenvalue weighted by molar-refractivity contribution is 6.35. The van der Waals surface area contributed by atoms with E-state index in [1.807, 2.05) is 32.0 Å². The van der Waals surface area contributed by atoms with Crippen LogP contribution in [-0.4, -0.2) is 11.1 Å². The lowest BCUT2D eigenvalue weighted by molar-refractivity contribution is 0.0695. The molecule has 0 spiro atoms. The average molecular weight is 249 g/mol. The summed E-state index contributed by atoms with van der Waals surface area (Å²) in [5.41, 5.74) is 1.20. The van der Waals surface area contributed by atoms with Crippen LogP contribution in [0.25, 0.3) is 10.8 Å². The van der Waals surface area contributed by atoms with Gasteiger partial charge in [-0.15, -0.1) is 0 Å². The Morgan fingerprint density at radius 3 is 2.47 bits per heavy atom. The molecule has 1 N–H and O–H groups in total. The van der Waals surface area contributed by atoms with Crippen LogP contribution in [-0.2, 0) is 0 Å². The minimum atomic E-state index is -0.893. The van der Waals surface area contributed by atoms with E-state index >= 15 is 0 Å². The third kappa shape index (κ3) is 2.01. The van der Waals surface area contributed by atoms with Crippen molar-refractivity contribution in [2.75, 3.05) is 0 Å². The van der Waals surface area contributed by atoms with Crippen LogP contribution in [0, 0.1) is 0 Å². The zero-order valence-corrected chi connectivity index (χ0v) is 10.5. The molecule has 0 fully saturated rings. The molecular formula is C14H13ClO2. The highest BCUT2D eigenvalue weighted by atomic mass is 35.5. The first-order valence-electron chi connectivity index (χ1n) is 5.46. The molecule has 0 aliphatic carbocycles. The van der Waals surface area contributed by atoms with Crippen LogP contribution in [0.3, 0.4) is 0 Å². The van der Waals surface area contributed by atoms with Gasteiger partial charge in [-0.3, -0.25) is 0 Å². The lowest BCUT2D eigenvalue weighted by atomic mass is 9.91. The normalized spacial score (nSPS) is 11.1. The Bertz CT molecular complexity index is 588. The SMILES string of the molecule is CC(C)c1c(C(=O)O)ccc2c(Cl)cccc12. The summed E-state index contributed by atoms with van der Waals surface area (Å²) >= 11 is 6.12. The van der Waals surface area contributed by atoms with Gasteiger partial charge in [0.05, 0.1) is 5.56 Å². The molecule has 2 rings (SSSR count). The van der Waals surface area contributed by atoms with Gasteiger partial charge in [0.1, 0.15) is 0 Å². The molecule has 0 aliphatic heterocycles. The van der Waals surface area contributed by atoms with Crippen molar-refractivity contribution >= 4 is 28.3 Å². The molecule has 88 valence electrons. The second kappa shape index (κ2) is 4.38. The molecule has 0 saturated carbocycles. The maximum absolute atomic E-state index is 11.2. The molecule has 0 heterocycles. The highest BCUT2D eigenvalue weighted by Gasteiger charge is 2.16. The summed E-state index contributed by atoms with van der Waals surface area (Å²) in [6.07, 6.45) is 0. The summed E-state index contributed by atoms with van der Waals surface area (Å²) in [7, 11) is 0. The average Bonchev–Trinajstić information content (AvgIpc) is 2.27. The fourth-order valence-electron chi connectivity index (χ4n) is 2.15. The minimum absolute atomic E-state index is 0.142. The number of carbonyl (C=O) groups is 1. The molecule has 0 amide bonds. The zero-order chi connectivity index (χ0) is 12.6. The minimum Gasteiger partial charge on any atom is -0.478 e. The first-order valence-corrected chi connectivity index (χ1v) is 5.84. The van der Waals surface area contributed by atoms with E-state index in [1.165, 1.54) is 0 Å². The van der Waals surface area contributed by atoms with E-state index in [0.29, 0.717) is 10.6 Å². The number of carboxylic acids is 1. The van der Waals surface area contributed by atoms with Crippen molar-refractivity contribution < 1.29 is 9.90 Å². The van der Waals surface area contributed by atoms with Gasteiger partial charge in [-0.05, 0) is 29.0 Å². The van der Waals surface area contributed by atoms with Gasteiger partial charge in [-0.1, -0.05) is 43.6 Å². The monoisotopic (exact) mass is 248 g/mol. The van der Waals surface area contributed by atoms with Crippen LogP contribution < -0.4 is 0 Å². The van der Waals surface area contributed by atoms with Crippen LogP contribution in [0.1, 0.15) is 35.7 Å². The van der Waals surface area contributed by atoms with Crippen molar-refractivity contribution in [1.29, 1.82) is 0 Å². The lowest BCUT2D eigenvalue weighted by Gasteiger charge is -2.14. The van der Waals surface area contributed by atoms with Crippen molar-refractivity contribution in [1.82, 2.24) is 0 Å². The van der Waals surface area contributed by atoms with Gasteiger partial charge in [-0.25, -0.2) is 4.79 Å². The number of hydrogen-bond donors (Lipinski definition) is 1. The van der Waals surface area contributed by atoms with Gasteiger partial charge in [0, 0.05) is 10.4 Å². The Hall–Kier alpha value is -1.54. The van der Waals surface area contributed by atoms with Gasteiger partial charge in [-0.2, -0.15) is 0 Å². The van der Waals surface area contributed by atoms with E-state index in [0.717, 1.165) is 16.3 Å². The number of hydrogen-bond acceptors (Lipinski definition) is 1. The summed E-state index contributed by atoms with van der Waals surface area (Å²) in [6, 6.07) is 8.98. The van der Waals surface area contributed by atoms with Crippen molar-refractivity contribution in [3.8, 4) is 0 Å². The van der Waals surface area contributed by atoms with Gasteiger partial charge >= 0.3 is 5.97 Å². The molecule has 0 saturated heterocycles. The van der Waals surface area contributed by atoms with Gasteiger partial charge < -0.3 is 5.11 Å². The maximum Gasteiger partial charge on any atom is 0.335 e. The number of halogens is 1. The smallest absolute Gasteiger partial charge is 0.335 e. The Labute approximate surface area is 105 Å². The van der Waals surface area contributed by atoms with Crippen LogP contribution >= 0.6 is 11.6 Å². The van der Waals surface area contributed by atoms with Crippen molar-refractivity contribution in [2.45, 2.75) is 19.8 Å². The fraction of sp³-hybridized carbons (Fsp3) is 0.214. The van der Waals surface area contributed by atoms with Gasteiger partial charge in [0.25, 0.3) is 0 Å².